The molecule has 1 aliphatic rings. The second-order valence-corrected chi connectivity index (χ2v) is 9.87. The van der Waals surface area contributed by atoms with Crippen LogP contribution in [0.15, 0.2) is 21.5 Å². The van der Waals surface area contributed by atoms with Gasteiger partial charge in [0.05, 0.1) is 10.0 Å². The van der Waals surface area contributed by atoms with Crippen molar-refractivity contribution in [2.75, 3.05) is 13.2 Å². The van der Waals surface area contributed by atoms with E-state index < -0.39 is 35.1 Å². The molecule has 1 aliphatic carbocycles. The third-order valence-corrected chi connectivity index (χ3v) is 7.02. The molecule has 2 rings (SSSR count). The lowest BCUT2D eigenvalue weighted by atomic mass is 9.89. The van der Waals surface area contributed by atoms with Gasteiger partial charge in [-0.15, -0.1) is 0 Å². The zero-order valence-electron chi connectivity index (χ0n) is 15.2. The second kappa shape index (κ2) is 10.7. The molecular formula is C17H19BrCl2N2O6S. The van der Waals surface area contributed by atoms with Crippen LogP contribution in [-0.4, -0.2) is 39.4 Å². The normalized spacial score (nSPS) is 15.0. The Balaban J connectivity index is 1.82. The fourth-order valence-corrected chi connectivity index (χ4v) is 5.75. The molecule has 160 valence electrons. The van der Waals surface area contributed by atoms with Crippen LogP contribution in [0.25, 0.3) is 0 Å². The van der Waals surface area contributed by atoms with Gasteiger partial charge in [0.25, 0.3) is 5.91 Å². The molecule has 1 saturated carbocycles. The Morgan fingerprint density at radius 3 is 2.28 bits per heavy atom. The molecule has 0 atom stereocenters. The van der Waals surface area contributed by atoms with E-state index in [9.17, 15) is 22.8 Å². The minimum Gasteiger partial charge on any atom is -0.455 e. The molecular weight excluding hydrogens is 511 g/mol. The van der Waals surface area contributed by atoms with Crippen LogP contribution in [0.1, 0.15) is 32.1 Å². The number of ether oxygens (including phenoxy) is 1. The van der Waals surface area contributed by atoms with E-state index in [1.54, 1.807) is 0 Å². The van der Waals surface area contributed by atoms with Gasteiger partial charge in [0.15, 0.2) is 6.61 Å². The number of esters is 1. The summed E-state index contributed by atoms with van der Waals surface area (Å²) in [7, 11) is -4.20. The number of amides is 2. The Hall–Kier alpha value is -1.20. The number of nitrogens with one attached hydrogen (secondary N) is 2. The Morgan fingerprint density at radius 1 is 1.10 bits per heavy atom. The van der Waals surface area contributed by atoms with Gasteiger partial charge in [-0.05, 0) is 25.0 Å². The Morgan fingerprint density at radius 2 is 1.69 bits per heavy atom. The molecule has 0 bridgehead atoms. The maximum absolute atomic E-state index is 12.3. The van der Waals surface area contributed by atoms with Crippen LogP contribution < -0.4 is 10.0 Å². The quantitative estimate of drug-likeness (QED) is 0.524. The van der Waals surface area contributed by atoms with Crippen LogP contribution in [0, 0.1) is 5.92 Å². The first kappa shape index (κ1) is 24.1. The van der Waals surface area contributed by atoms with E-state index in [0.717, 1.165) is 32.1 Å². The minimum absolute atomic E-state index is 0.133. The average Bonchev–Trinajstić information content (AvgIpc) is 2.64. The molecule has 29 heavy (non-hydrogen) atoms. The molecule has 0 aromatic heterocycles. The highest BCUT2D eigenvalue weighted by Gasteiger charge is 2.25. The van der Waals surface area contributed by atoms with Crippen molar-refractivity contribution in [3.63, 3.8) is 0 Å². The molecule has 0 unspecified atom stereocenters. The molecule has 0 aliphatic heterocycles. The lowest BCUT2D eigenvalue weighted by Crippen LogP contribution is -2.39. The fourth-order valence-electron chi connectivity index (χ4n) is 2.85. The Labute approximate surface area is 186 Å². The van der Waals surface area contributed by atoms with Gasteiger partial charge in [-0.1, -0.05) is 58.4 Å². The summed E-state index contributed by atoms with van der Waals surface area (Å²) in [6, 6.07) is 2.68. The number of carbonyl (C=O) groups is 3. The highest BCUT2D eigenvalue weighted by Crippen LogP contribution is 2.32. The highest BCUT2D eigenvalue weighted by atomic mass is 79.9. The highest BCUT2D eigenvalue weighted by molar-refractivity contribution is 9.10. The van der Waals surface area contributed by atoms with Crippen molar-refractivity contribution < 1.29 is 27.5 Å². The minimum atomic E-state index is -4.20. The van der Waals surface area contributed by atoms with E-state index in [-0.39, 0.29) is 26.8 Å². The van der Waals surface area contributed by atoms with Crippen molar-refractivity contribution in [3.05, 3.63) is 26.7 Å². The maximum Gasteiger partial charge on any atom is 0.321 e. The average molecular weight is 530 g/mol. The van der Waals surface area contributed by atoms with E-state index in [1.807, 2.05) is 4.72 Å². The lowest BCUT2D eigenvalue weighted by molar-refractivity contribution is -0.149. The summed E-state index contributed by atoms with van der Waals surface area (Å²) in [5.74, 6) is -2.37. The van der Waals surface area contributed by atoms with Gasteiger partial charge in [0.1, 0.15) is 11.4 Å². The lowest BCUT2D eigenvalue weighted by Gasteiger charge is -2.20. The topological polar surface area (TPSA) is 119 Å². The van der Waals surface area contributed by atoms with E-state index in [2.05, 4.69) is 21.2 Å². The van der Waals surface area contributed by atoms with Crippen LogP contribution >= 0.6 is 39.1 Å². The number of benzene rings is 1. The third-order valence-electron chi connectivity index (χ3n) is 4.24. The number of halogens is 3. The fraction of sp³-hybridized carbons (Fsp3) is 0.471. The predicted octanol–water partition coefficient (Wildman–Crippen LogP) is 2.80. The van der Waals surface area contributed by atoms with E-state index in [0.29, 0.717) is 4.47 Å². The number of imide groups is 1. The van der Waals surface area contributed by atoms with Gasteiger partial charge >= 0.3 is 5.97 Å². The molecule has 12 heteroatoms. The number of rotatable bonds is 7. The number of hydrogen-bond donors (Lipinski definition) is 2. The molecule has 1 aromatic rings. The van der Waals surface area contributed by atoms with Gasteiger partial charge in [-0.3, -0.25) is 19.7 Å². The summed E-state index contributed by atoms with van der Waals surface area (Å²) < 4.78 is 31.8. The molecule has 0 heterocycles. The first-order valence-electron chi connectivity index (χ1n) is 8.73. The van der Waals surface area contributed by atoms with Gasteiger partial charge in [-0.25, -0.2) is 8.42 Å². The van der Waals surface area contributed by atoms with Crippen LogP contribution in [0.2, 0.25) is 10.0 Å². The summed E-state index contributed by atoms with van der Waals surface area (Å²) in [5, 5.41) is 1.92. The van der Waals surface area contributed by atoms with Gasteiger partial charge in [0.2, 0.25) is 15.9 Å². The molecule has 2 amide bonds. The second-order valence-electron chi connectivity index (χ2n) is 6.43. The molecule has 0 saturated heterocycles. The smallest absolute Gasteiger partial charge is 0.321 e. The number of hydrogen-bond acceptors (Lipinski definition) is 6. The van der Waals surface area contributed by atoms with Crippen molar-refractivity contribution >= 4 is 66.9 Å². The van der Waals surface area contributed by atoms with Gasteiger partial charge < -0.3 is 4.74 Å². The molecule has 0 radical (unpaired) electrons. The van der Waals surface area contributed by atoms with E-state index >= 15 is 0 Å². The predicted molar refractivity (Wildman–Crippen MR) is 110 cm³/mol. The number of carbonyl (C=O) groups excluding carboxylic acids is 3. The van der Waals surface area contributed by atoms with Gasteiger partial charge in [-0.2, -0.15) is 4.72 Å². The van der Waals surface area contributed by atoms with Crippen LogP contribution in [-0.2, 0) is 29.1 Å². The van der Waals surface area contributed by atoms with E-state index in [4.69, 9.17) is 27.9 Å². The summed E-state index contributed by atoms with van der Waals surface area (Å²) in [6.07, 6.45) is 4.40. The zero-order chi connectivity index (χ0) is 21.6. The molecule has 8 nitrogen and oxygen atoms in total. The molecule has 0 spiro atoms. The Bertz CT molecular complexity index is 880. The summed E-state index contributed by atoms with van der Waals surface area (Å²) in [6.45, 7) is -1.44. The van der Waals surface area contributed by atoms with Crippen LogP contribution in [0.3, 0.4) is 0 Å². The van der Waals surface area contributed by atoms with E-state index in [1.165, 1.54) is 12.1 Å². The SMILES string of the molecule is O=C(COC(=O)CNS(=O)(=O)c1c(Cl)cc(Br)cc1Cl)NC(=O)C1CCCCC1. The first-order chi connectivity index (χ1) is 13.6. The summed E-state index contributed by atoms with van der Waals surface area (Å²) >= 11 is 15.0. The van der Waals surface area contributed by atoms with Crippen molar-refractivity contribution in [3.8, 4) is 0 Å². The van der Waals surface area contributed by atoms with Crippen molar-refractivity contribution in [2.45, 2.75) is 37.0 Å². The standard InChI is InChI=1S/C17H19BrCl2N2O6S/c18-11-6-12(19)16(13(20)7-11)29(26,27)21-8-15(24)28-9-14(23)22-17(25)10-4-2-1-3-5-10/h6-7,10,21H,1-5,8-9H2,(H,22,23,25). The summed E-state index contributed by atoms with van der Waals surface area (Å²) in [5.41, 5.74) is 0. The zero-order valence-corrected chi connectivity index (χ0v) is 19.1. The van der Waals surface area contributed by atoms with Gasteiger partial charge in [0, 0.05) is 10.4 Å². The van der Waals surface area contributed by atoms with Crippen LogP contribution in [0.5, 0.6) is 0 Å². The van der Waals surface area contributed by atoms with Crippen molar-refractivity contribution in [2.24, 2.45) is 5.92 Å². The maximum atomic E-state index is 12.3. The third kappa shape index (κ3) is 7.21. The molecule has 1 fully saturated rings. The molecule has 2 N–H and O–H groups in total. The number of sulfonamides is 1. The monoisotopic (exact) mass is 528 g/mol. The molecule has 1 aromatic carbocycles. The largest absolute Gasteiger partial charge is 0.455 e. The summed E-state index contributed by atoms with van der Waals surface area (Å²) in [4.78, 5) is 35.1. The Kier molecular flexibility index (Phi) is 8.90. The van der Waals surface area contributed by atoms with Crippen LogP contribution in [0.4, 0.5) is 0 Å². The van der Waals surface area contributed by atoms with Crippen molar-refractivity contribution in [1.29, 1.82) is 0 Å². The first-order valence-corrected chi connectivity index (χ1v) is 11.8. The van der Waals surface area contributed by atoms with Crippen molar-refractivity contribution in [1.82, 2.24) is 10.0 Å².